The van der Waals surface area contributed by atoms with Gasteiger partial charge in [0, 0.05) is 13.0 Å². The fraction of sp³-hybridized carbons (Fsp3) is 0.263. The van der Waals surface area contributed by atoms with Crippen molar-refractivity contribution in [3.63, 3.8) is 0 Å². The molecule has 0 amide bonds. The molecule has 0 spiro atoms. The van der Waals surface area contributed by atoms with Crippen LogP contribution in [0, 0.1) is 12.3 Å². The minimum Gasteiger partial charge on any atom is -0.489 e. The molecule has 1 N–H and O–H groups in total. The summed E-state index contributed by atoms with van der Waals surface area (Å²) in [5.74, 6) is 3.54. The van der Waals surface area contributed by atoms with Gasteiger partial charge in [0.05, 0.1) is 0 Å². The van der Waals surface area contributed by atoms with Crippen LogP contribution < -0.4 is 10.1 Å². The Morgan fingerprint density at radius 1 is 0.952 bits per heavy atom. The fourth-order valence-electron chi connectivity index (χ4n) is 1.99. The molecule has 0 heterocycles. The molecule has 0 atom stereocenters. The number of nitrogens with one attached hydrogen (secondary N) is 1. The second kappa shape index (κ2) is 8.84. The minimum absolute atomic E-state index is 0.602. The third-order valence-electron chi connectivity index (χ3n) is 3.18. The van der Waals surface area contributed by atoms with Gasteiger partial charge in [0.25, 0.3) is 0 Å². The number of benzene rings is 2. The van der Waals surface area contributed by atoms with Crippen molar-refractivity contribution in [2.45, 2.75) is 26.0 Å². The molecule has 0 unspecified atom stereocenters. The van der Waals surface area contributed by atoms with Crippen molar-refractivity contribution in [2.75, 3.05) is 6.54 Å². The Hall–Kier alpha value is -2.24. The van der Waals surface area contributed by atoms with E-state index in [2.05, 4.69) is 35.5 Å². The third-order valence-corrected chi connectivity index (χ3v) is 3.18. The van der Waals surface area contributed by atoms with E-state index < -0.39 is 0 Å². The first-order chi connectivity index (χ1) is 10.4. The zero-order chi connectivity index (χ0) is 14.8. The molecule has 0 radical (unpaired) electrons. The van der Waals surface area contributed by atoms with E-state index in [4.69, 9.17) is 11.2 Å². The second-order valence-electron chi connectivity index (χ2n) is 4.90. The lowest BCUT2D eigenvalue weighted by Gasteiger charge is -2.08. The summed E-state index contributed by atoms with van der Waals surface area (Å²) in [6, 6.07) is 18.4. The summed E-state index contributed by atoms with van der Waals surface area (Å²) in [6.45, 7) is 2.42. The van der Waals surface area contributed by atoms with Gasteiger partial charge in [-0.1, -0.05) is 42.5 Å². The maximum absolute atomic E-state index is 5.76. The summed E-state index contributed by atoms with van der Waals surface area (Å²) in [6.07, 6.45) is 7.07. The van der Waals surface area contributed by atoms with Crippen molar-refractivity contribution in [3.05, 3.63) is 65.7 Å². The number of unbranched alkanes of at least 4 members (excludes halogenated alkanes) is 1. The van der Waals surface area contributed by atoms with Crippen LogP contribution in [0.15, 0.2) is 54.6 Å². The van der Waals surface area contributed by atoms with Crippen molar-refractivity contribution < 1.29 is 4.74 Å². The van der Waals surface area contributed by atoms with E-state index in [1.54, 1.807) is 0 Å². The van der Waals surface area contributed by atoms with Gasteiger partial charge in [-0.15, -0.1) is 12.3 Å². The predicted molar refractivity (Wildman–Crippen MR) is 87.0 cm³/mol. The fourth-order valence-corrected chi connectivity index (χ4v) is 1.99. The van der Waals surface area contributed by atoms with Crippen molar-refractivity contribution in [3.8, 4) is 18.1 Å². The predicted octanol–water partition coefficient (Wildman–Crippen LogP) is 3.77. The van der Waals surface area contributed by atoms with Crippen LogP contribution in [-0.4, -0.2) is 6.54 Å². The average Bonchev–Trinajstić information content (AvgIpc) is 2.55. The van der Waals surface area contributed by atoms with Crippen LogP contribution in [-0.2, 0) is 13.2 Å². The Bertz CT molecular complexity index is 554. The van der Waals surface area contributed by atoms with Gasteiger partial charge >= 0.3 is 0 Å². The normalized spacial score (nSPS) is 10.0. The second-order valence-corrected chi connectivity index (χ2v) is 4.90. The molecule has 0 bridgehead atoms. The monoisotopic (exact) mass is 279 g/mol. The van der Waals surface area contributed by atoms with Gasteiger partial charge in [-0.2, -0.15) is 0 Å². The van der Waals surface area contributed by atoms with Crippen molar-refractivity contribution in [2.24, 2.45) is 0 Å². The molecule has 2 aromatic carbocycles. The molecule has 108 valence electrons. The molecule has 21 heavy (non-hydrogen) atoms. The van der Waals surface area contributed by atoms with Crippen LogP contribution in [0.3, 0.4) is 0 Å². The average molecular weight is 279 g/mol. The summed E-state index contributed by atoms with van der Waals surface area (Å²) in [7, 11) is 0. The molecule has 2 rings (SSSR count). The van der Waals surface area contributed by atoms with Crippen LogP contribution in [0.1, 0.15) is 24.0 Å². The summed E-state index contributed by atoms with van der Waals surface area (Å²) >= 11 is 0. The number of ether oxygens (including phenoxy) is 1. The zero-order valence-electron chi connectivity index (χ0n) is 12.2. The molecule has 0 saturated heterocycles. The first-order valence-corrected chi connectivity index (χ1v) is 7.28. The van der Waals surface area contributed by atoms with Crippen LogP contribution in [0.5, 0.6) is 5.75 Å². The lowest BCUT2D eigenvalue weighted by molar-refractivity contribution is 0.306. The van der Waals surface area contributed by atoms with E-state index in [-0.39, 0.29) is 0 Å². The highest BCUT2D eigenvalue weighted by Gasteiger charge is 1.97. The van der Waals surface area contributed by atoms with E-state index in [0.29, 0.717) is 6.61 Å². The standard InChI is InChI=1S/C19H21NO/c1-2-3-7-14-20-15-17-10-12-19(13-11-17)21-16-18-8-5-4-6-9-18/h1,4-6,8-13,20H,3,7,14-16H2. The van der Waals surface area contributed by atoms with Crippen molar-refractivity contribution in [1.29, 1.82) is 0 Å². The van der Waals surface area contributed by atoms with Gasteiger partial charge in [0.15, 0.2) is 0 Å². The largest absolute Gasteiger partial charge is 0.489 e. The molecule has 0 fully saturated rings. The lowest BCUT2D eigenvalue weighted by atomic mass is 10.2. The number of rotatable bonds is 8. The highest BCUT2D eigenvalue weighted by molar-refractivity contribution is 5.27. The van der Waals surface area contributed by atoms with Crippen LogP contribution in [0.4, 0.5) is 0 Å². The van der Waals surface area contributed by atoms with Crippen LogP contribution in [0.2, 0.25) is 0 Å². The molecular weight excluding hydrogens is 258 g/mol. The van der Waals surface area contributed by atoms with Gasteiger partial charge in [0.1, 0.15) is 12.4 Å². The van der Waals surface area contributed by atoms with Crippen molar-refractivity contribution >= 4 is 0 Å². The molecule has 2 heteroatoms. The quantitative estimate of drug-likeness (QED) is 0.586. The first kappa shape index (κ1) is 15.2. The Balaban J connectivity index is 1.73. The summed E-state index contributed by atoms with van der Waals surface area (Å²) in [4.78, 5) is 0. The highest BCUT2D eigenvalue weighted by Crippen LogP contribution is 2.14. The number of hydrogen-bond donors (Lipinski definition) is 1. The molecule has 0 aliphatic carbocycles. The molecule has 0 aromatic heterocycles. The maximum atomic E-state index is 5.76. The summed E-state index contributed by atoms with van der Waals surface area (Å²) < 4.78 is 5.76. The van der Waals surface area contributed by atoms with Crippen LogP contribution >= 0.6 is 0 Å². The maximum Gasteiger partial charge on any atom is 0.119 e. The number of terminal acetylenes is 1. The van der Waals surface area contributed by atoms with Crippen molar-refractivity contribution in [1.82, 2.24) is 5.32 Å². The topological polar surface area (TPSA) is 21.3 Å². The first-order valence-electron chi connectivity index (χ1n) is 7.28. The van der Waals surface area contributed by atoms with Gasteiger partial charge in [-0.05, 0) is 36.2 Å². The van der Waals surface area contributed by atoms with E-state index in [0.717, 1.165) is 31.7 Å². The third kappa shape index (κ3) is 5.72. The smallest absolute Gasteiger partial charge is 0.119 e. The van der Waals surface area contributed by atoms with E-state index >= 15 is 0 Å². The van der Waals surface area contributed by atoms with Gasteiger partial charge in [-0.3, -0.25) is 0 Å². The van der Waals surface area contributed by atoms with Gasteiger partial charge < -0.3 is 10.1 Å². The molecule has 2 aromatic rings. The Morgan fingerprint density at radius 2 is 1.71 bits per heavy atom. The van der Waals surface area contributed by atoms with E-state index in [1.807, 2.05) is 30.3 Å². The molecule has 0 aliphatic heterocycles. The highest BCUT2D eigenvalue weighted by atomic mass is 16.5. The zero-order valence-corrected chi connectivity index (χ0v) is 12.2. The van der Waals surface area contributed by atoms with Gasteiger partial charge in [-0.25, -0.2) is 0 Å². The molecule has 2 nitrogen and oxygen atoms in total. The molecular formula is C19H21NO. The lowest BCUT2D eigenvalue weighted by Crippen LogP contribution is -2.14. The van der Waals surface area contributed by atoms with Gasteiger partial charge in [0.2, 0.25) is 0 Å². The molecule has 0 aliphatic rings. The number of hydrogen-bond acceptors (Lipinski definition) is 2. The minimum atomic E-state index is 0.602. The SMILES string of the molecule is C#CCCCNCc1ccc(OCc2ccccc2)cc1. The summed E-state index contributed by atoms with van der Waals surface area (Å²) in [5, 5.41) is 3.38. The Morgan fingerprint density at radius 3 is 2.43 bits per heavy atom. The van der Waals surface area contributed by atoms with Crippen LogP contribution in [0.25, 0.3) is 0 Å². The molecule has 0 saturated carbocycles. The van der Waals surface area contributed by atoms with E-state index in [1.165, 1.54) is 11.1 Å². The van der Waals surface area contributed by atoms with E-state index in [9.17, 15) is 0 Å². The summed E-state index contributed by atoms with van der Waals surface area (Å²) in [5.41, 5.74) is 2.43. The Labute approximate surface area is 127 Å². The Kier molecular flexibility index (Phi) is 6.38.